The Hall–Kier alpha value is -1.31. The van der Waals surface area contributed by atoms with Crippen LogP contribution in [0.25, 0.3) is 0 Å². The zero-order chi connectivity index (χ0) is 18.1. The molecule has 0 heterocycles. The molecule has 0 aliphatic rings. The van der Waals surface area contributed by atoms with E-state index in [9.17, 15) is 9.90 Å². The molecule has 0 radical (unpaired) electrons. The molecular formula is C22H38O2. The molecule has 2 heteroatoms. The van der Waals surface area contributed by atoms with Gasteiger partial charge in [-0.1, -0.05) is 76.5 Å². The summed E-state index contributed by atoms with van der Waals surface area (Å²) in [6.07, 6.45) is 24.5. The van der Waals surface area contributed by atoms with Crippen molar-refractivity contribution in [2.24, 2.45) is 5.41 Å². The average molecular weight is 335 g/mol. The summed E-state index contributed by atoms with van der Waals surface area (Å²) in [6.45, 7) is 6.15. The van der Waals surface area contributed by atoms with Crippen molar-refractivity contribution in [3.05, 3.63) is 36.5 Å². The van der Waals surface area contributed by atoms with Crippen molar-refractivity contribution < 1.29 is 9.90 Å². The molecule has 0 bridgehead atoms. The maximum Gasteiger partial charge on any atom is 0.309 e. The number of hydrogen-bond donors (Lipinski definition) is 1. The second-order valence-electron chi connectivity index (χ2n) is 6.54. The molecule has 0 saturated heterocycles. The molecule has 0 rings (SSSR count). The van der Waals surface area contributed by atoms with Gasteiger partial charge in [-0.05, 0) is 51.4 Å². The summed E-state index contributed by atoms with van der Waals surface area (Å²) in [7, 11) is 0. The lowest BCUT2D eigenvalue weighted by atomic mass is 9.78. The molecular weight excluding hydrogens is 296 g/mol. The van der Waals surface area contributed by atoms with Crippen LogP contribution < -0.4 is 0 Å². The molecule has 0 aromatic rings. The van der Waals surface area contributed by atoms with Gasteiger partial charge in [0.25, 0.3) is 0 Å². The molecule has 0 unspecified atom stereocenters. The van der Waals surface area contributed by atoms with Gasteiger partial charge in [0.1, 0.15) is 0 Å². The van der Waals surface area contributed by atoms with Gasteiger partial charge in [0, 0.05) is 0 Å². The fourth-order valence-electron chi connectivity index (χ4n) is 2.92. The molecule has 138 valence electrons. The van der Waals surface area contributed by atoms with E-state index < -0.39 is 11.4 Å². The number of carboxylic acids is 1. The monoisotopic (exact) mass is 334 g/mol. The summed E-state index contributed by atoms with van der Waals surface area (Å²) in [5, 5.41) is 9.41. The minimum atomic E-state index is -0.617. The number of carboxylic acid groups (broad SMARTS) is 1. The highest BCUT2D eigenvalue weighted by Crippen LogP contribution is 2.33. The third-order valence-electron chi connectivity index (χ3n) is 4.86. The highest BCUT2D eigenvalue weighted by Gasteiger charge is 2.33. The largest absolute Gasteiger partial charge is 0.481 e. The van der Waals surface area contributed by atoms with Gasteiger partial charge in [-0.25, -0.2) is 0 Å². The van der Waals surface area contributed by atoms with E-state index in [0.717, 1.165) is 57.8 Å². The number of carbonyl (C=O) groups is 1. The first-order valence-corrected chi connectivity index (χ1v) is 9.81. The van der Waals surface area contributed by atoms with Crippen molar-refractivity contribution >= 4 is 5.97 Å². The Labute approximate surface area is 149 Å². The summed E-state index contributed by atoms with van der Waals surface area (Å²) in [5.74, 6) is -0.617. The predicted octanol–water partition coefficient (Wildman–Crippen LogP) is 7.08. The maximum absolute atomic E-state index is 11.4. The Bertz CT molecular complexity index is 387. The van der Waals surface area contributed by atoms with Crippen LogP contribution in [0.4, 0.5) is 0 Å². The summed E-state index contributed by atoms with van der Waals surface area (Å²) in [4.78, 5) is 11.4. The van der Waals surface area contributed by atoms with Crippen LogP contribution in [0.5, 0.6) is 0 Å². The Morgan fingerprint density at radius 1 is 0.792 bits per heavy atom. The molecule has 0 saturated carbocycles. The highest BCUT2D eigenvalue weighted by molar-refractivity contribution is 5.74. The molecule has 0 aromatic heterocycles. The second-order valence-corrected chi connectivity index (χ2v) is 6.54. The topological polar surface area (TPSA) is 37.3 Å². The molecule has 0 aliphatic heterocycles. The van der Waals surface area contributed by atoms with Gasteiger partial charge in [-0.3, -0.25) is 4.79 Å². The van der Waals surface area contributed by atoms with Gasteiger partial charge in [-0.15, -0.1) is 0 Å². The van der Waals surface area contributed by atoms with E-state index in [-0.39, 0.29) is 0 Å². The number of hydrogen-bond acceptors (Lipinski definition) is 1. The highest BCUT2D eigenvalue weighted by atomic mass is 16.4. The van der Waals surface area contributed by atoms with Crippen LogP contribution in [0.15, 0.2) is 36.5 Å². The van der Waals surface area contributed by atoms with Crippen molar-refractivity contribution in [2.75, 3.05) is 0 Å². The molecule has 0 amide bonds. The van der Waals surface area contributed by atoms with Gasteiger partial charge in [0.05, 0.1) is 5.41 Å². The van der Waals surface area contributed by atoms with Crippen molar-refractivity contribution in [3.8, 4) is 0 Å². The van der Waals surface area contributed by atoms with Crippen LogP contribution in [0.1, 0.15) is 91.4 Å². The molecule has 0 aromatic carbocycles. The molecule has 0 spiro atoms. The first-order chi connectivity index (χ1) is 11.6. The SMILES string of the molecule is CCC=CCC=CCC=CCCCCCCC(CC)(CC)C(=O)O. The molecule has 24 heavy (non-hydrogen) atoms. The zero-order valence-corrected chi connectivity index (χ0v) is 16.1. The van der Waals surface area contributed by atoms with E-state index in [1.807, 2.05) is 13.8 Å². The fourth-order valence-corrected chi connectivity index (χ4v) is 2.92. The third-order valence-corrected chi connectivity index (χ3v) is 4.86. The average Bonchev–Trinajstić information content (AvgIpc) is 2.58. The molecule has 0 fully saturated rings. The summed E-state index contributed by atoms with van der Waals surface area (Å²) in [5.41, 5.74) is -0.488. The normalized spacial score (nSPS) is 12.8. The van der Waals surface area contributed by atoms with E-state index >= 15 is 0 Å². The van der Waals surface area contributed by atoms with Gasteiger partial charge in [0.2, 0.25) is 0 Å². The van der Waals surface area contributed by atoms with Gasteiger partial charge < -0.3 is 5.11 Å². The molecule has 1 N–H and O–H groups in total. The Kier molecular flexibility index (Phi) is 14.4. The molecule has 2 nitrogen and oxygen atoms in total. The minimum absolute atomic E-state index is 0.488. The third kappa shape index (κ3) is 10.5. The van der Waals surface area contributed by atoms with Crippen molar-refractivity contribution in [1.82, 2.24) is 0 Å². The van der Waals surface area contributed by atoms with Crippen LogP contribution >= 0.6 is 0 Å². The number of rotatable bonds is 15. The van der Waals surface area contributed by atoms with E-state index in [2.05, 4.69) is 43.4 Å². The van der Waals surface area contributed by atoms with Gasteiger partial charge in [-0.2, -0.15) is 0 Å². The smallest absolute Gasteiger partial charge is 0.309 e. The number of allylic oxidation sites excluding steroid dienone is 6. The molecule has 0 atom stereocenters. The quantitative estimate of drug-likeness (QED) is 0.257. The lowest BCUT2D eigenvalue weighted by molar-refractivity contribution is -0.150. The Morgan fingerprint density at radius 2 is 1.33 bits per heavy atom. The fraction of sp³-hybridized carbons (Fsp3) is 0.682. The van der Waals surface area contributed by atoms with E-state index in [4.69, 9.17) is 0 Å². The number of unbranched alkanes of at least 4 members (excludes halogenated alkanes) is 4. The standard InChI is InChI=1S/C22H38O2/c1-4-7-8-9-10-11-12-13-14-15-16-17-18-19-20-22(5-2,6-3)21(23)24/h7-8,10-11,13-14H,4-6,9,12,15-20H2,1-3H3,(H,23,24). The number of aliphatic carboxylic acids is 1. The van der Waals surface area contributed by atoms with E-state index in [1.165, 1.54) is 12.8 Å². The first-order valence-electron chi connectivity index (χ1n) is 9.81. The zero-order valence-electron chi connectivity index (χ0n) is 16.1. The van der Waals surface area contributed by atoms with Crippen LogP contribution in [-0.4, -0.2) is 11.1 Å². The van der Waals surface area contributed by atoms with Crippen LogP contribution in [0.2, 0.25) is 0 Å². The van der Waals surface area contributed by atoms with Crippen LogP contribution in [0.3, 0.4) is 0 Å². The summed E-state index contributed by atoms with van der Waals surface area (Å²) in [6, 6.07) is 0. The van der Waals surface area contributed by atoms with E-state index in [1.54, 1.807) is 0 Å². The van der Waals surface area contributed by atoms with Crippen molar-refractivity contribution in [2.45, 2.75) is 91.4 Å². The van der Waals surface area contributed by atoms with Crippen molar-refractivity contribution in [3.63, 3.8) is 0 Å². The van der Waals surface area contributed by atoms with Crippen LogP contribution in [-0.2, 0) is 4.79 Å². The van der Waals surface area contributed by atoms with E-state index in [0.29, 0.717) is 0 Å². The second kappa shape index (κ2) is 15.2. The maximum atomic E-state index is 11.4. The Balaban J connectivity index is 3.65. The molecule has 0 aliphatic carbocycles. The first kappa shape index (κ1) is 22.7. The minimum Gasteiger partial charge on any atom is -0.481 e. The van der Waals surface area contributed by atoms with Crippen molar-refractivity contribution in [1.29, 1.82) is 0 Å². The van der Waals surface area contributed by atoms with Crippen LogP contribution in [0, 0.1) is 5.41 Å². The lowest BCUT2D eigenvalue weighted by Gasteiger charge is -2.26. The summed E-state index contributed by atoms with van der Waals surface area (Å²) < 4.78 is 0. The van der Waals surface area contributed by atoms with Gasteiger partial charge in [0.15, 0.2) is 0 Å². The Morgan fingerprint density at radius 3 is 1.88 bits per heavy atom. The van der Waals surface area contributed by atoms with Gasteiger partial charge >= 0.3 is 5.97 Å². The predicted molar refractivity (Wildman–Crippen MR) is 105 cm³/mol. The lowest BCUT2D eigenvalue weighted by Crippen LogP contribution is -2.29. The summed E-state index contributed by atoms with van der Waals surface area (Å²) >= 11 is 0.